The van der Waals surface area contributed by atoms with Crippen LogP contribution in [0.25, 0.3) is 5.69 Å². The van der Waals surface area contributed by atoms with E-state index < -0.39 is 10.0 Å². The van der Waals surface area contributed by atoms with Crippen LogP contribution in [0.5, 0.6) is 0 Å². The van der Waals surface area contributed by atoms with E-state index in [-0.39, 0.29) is 16.7 Å². The summed E-state index contributed by atoms with van der Waals surface area (Å²) in [5, 5.41) is 5.09. The average molecular weight is 465 g/mol. The maximum absolute atomic E-state index is 13.5. The summed E-state index contributed by atoms with van der Waals surface area (Å²) in [4.78, 5) is 15.0. The number of aromatic nitrogens is 2. The van der Waals surface area contributed by atoms with E-state index in [0.717, 1.165) is 31.6 Å². The van der Waals surface area contributed by atoms with Crippen LogP contribution >= 0.6 is 11.6 Å². The van der Waals surface area contributed by atoms with Crippen LogP contribution in [0.2, 0.25) is 5.02 Å². The second-order valence-electron chi connectivity index (χ2n) is 8.45. The molecule has 2 aromatic rings. The van der Waals surface area contributed by atoms with E-state index in [4.69, 9.17) is 11.6 Å². The van der Waals surface area contributed by atoms with Gasteiger partial charge in [-0.25, -0.2) is 13.1 Å². The van der Waals surface area contributed by atoms with Crippen LogP contribution in [-0.2, 0) is 14.8 Å². The third-order valence-corrected chi connectivity index (χ3v) is 8.77. The summed E-state index contributed by atoms with van der Waals surface area (Å²) < 4.78 is 30.1. The maximum atomic E-state index is 13.5. The topological polar surface area (TPSA) is 75.5 Å². The Labute approximate surface area is 189 Å². The number of nitrogens with zero attached hydrogens (tertiary/aromatic N) is 4. The number of carbonyl (C=O) groups is 1. The van der Waals surface area contributed by atoms with Crippen molar-refractivity contribution in [1.82, 2.24) is 19.0 Å². The number of amides is 1. The van der Waals surface area contributed by atoms with E-state index in [0.29, 0.717) is 42.3 Å². The quantitative estimate of drug-likeness (QED) is 0.693. The molecule has 3 heterocycles. The van der Waals surface area contributed by atoms with Crippen molar-refractivity contribution in [2.24, 2.45) is 5.92 Å². The Morgan fingerprint density at radius 3 is 2.23 bits per heavy atom. The van der Waals surface area contributed by atoms with Crippen molar-refractivity contribution < 1.29 is 13.2 Å². The van der Waals surface area contributed by atoms with Gasteiger partial charge in [0.2, 0.25) is 15.9 Å². The van der Waals surface area contributed by atoms with Gasteiger partial charge in [-0.15, -0.1) is 0 Å². The molecule has 1 aromatic heterocycles. The maximum Gasteiger partial charge on any atom is 0.246 e. The number of carbonyl (C=O) groups excluding carboxylic acids is 1. The fourth-order valence-corrected chi connectivity index (χ4v) is 6.63. The molecule has 4 rings (SSSR count). The molecule has 2 saturated heterocycles. The second kappa shape index (κ2) is 8.92. The minimum absolute atomic E-state index is 0.0801. The molecule has 0 aliphatic carbocycles. The summed E-state index contributed by atoms with van der Waals surface area (Å²) >= 11 is 5.97. The van der Waals surface area contributed by atoms with Gasteiger partial charge in [-0.2, -0.15) is 9.40 Å². The van der Waals surface area contributed by atoms with Gasteiger partial charge in [0.25, 0.3) is 0 Å². The van der Waals surface area contributed by atoms with Crippen molar-refractivity contribution in [3.05, 3.63) is 40.7 Å². The molecule has 1 amide bonds. The van der Waals surface area contributed by atoms with Gasteiger partial charge in [-0.05, 0) is 70.2 Å². The predicted molar refractivity (Wildman–Crippen MR) is 120 cm³/mol. The molecule has 2 fully saturated rings. The molecule has 0 spiro atoms. The van der Waals surface area contributed by atoms with Gasteiger partial charge in [0.05, 0.1) is 17.1 Å². The highest BCUT2D eigenvalue weighted by Crippen LogP contribution is 2.30. The number of aryl methyl sites for hydroxylation is 1. The molecule has 168 valence electrons. The number of piperidine rings is 2. The molecule has 2 aliphatic heterocycles. The van der Waals surface area contributed by atoms with E-state index in [2.05, 4.69) is 5.10 Å². The summed E-state index contributed by atoms with van der Waals surface area (Å²) in [6.45, 7) is 5.88. The van der Waals surface area contributed by atoms with Crippen LogP contribution in [0.3, 0.4) is 0 Å². The standard InChI is InChI=1S/C22H29ClN4O3S/c1-16-21(17(2)27(24-16)20-8-6-19(23)7-9-20)31(29,30)26-14-10-18(11-15-26)22(28)25-12-4-3-5-13-25/h6-9,18H,3-5,10-15H2,1-2H3. The molecule has 7 nitrogen and oxygen atoms in total. The first-order valence-electron chi connectivity index (χ1n) is 10.9. The van der Waals surface area contributed by atoms with Crippen molar-refractivity contribution in [3.8, 4) is 5.69 Å². The summed E-state index contributed by atoms with van der Waals surface area (Å²) in [7, 11) is -3.69. The van der Waals surface area contributed by atoms with Crippen molar-refractivity contribution >= 4 is 27.5 Å². The zero-order chi connectivity index (χ0) is 22.2. The summed E-state index contributed by atoms with van der Waals surface area (Å²) in [6.07, 6.45) is 4.45. The average Bonchev–Trinajstić information content (AvgIpc) is 3.09. The highest BCUT2D eigenvalue weighted by molar-refractivity contribution is 7.89. The lowest BCUT2D eigenvalue weighted by molar-refractivity contribution is -0.137. The summed E-state index contributed by atoms with van der Waals surface area (Å²) in [5.41, 5.74) is 1.81. The van der Waals surface area contributed by atoms with Gasteiger partial charge < -0.3 is 4.90 Å². The van der Waals surface area contributed by atoms with E-state index in [9.17, 15) is 13.2 Å². The van der Waals surface area contributed by atoms with Crippen LogP contribution in [0, 0.1) is 19.8 Å². The molecule has 0 atom stereocenters. The second-order valence-corrected chi connectivity index (χ2v) is 10.8. The Hall–Kier alpha value is -1.90. The number of benzene rings is 1. The van der Waals surface area contributed by atoms with Gasteiger partial charge in [-0.3, -0.25) is 4.79 Å². The first kappa shape index (κ1) is 22.3. The Morgan fingerprint density at radius 1 is 1.00 bits per heavy atom. The number of likely N-dealkylation sites (tertiary alicyclic amines) is 1. The molecule has 31 heavy (non-hydrogen) atoms. The van der Waals surface area contributed by atoms with Crippen molar-refractivity contribution in [3.63, 3.8) is 0 Å². The van der Waals surface area contributed by atoms with Crippen molar-refractivity contribution in [2.75, 3.05) is 26.2 Å². The smallest absolute Gasteiger partial charge is 0.246 e. The Balaban J connectivity index is 1.50. The van der Waals surface area contributed by atoms with Gasteiger partial charge in [-0.1, -0.05) is 11.6 Å². The van der Waals surface area contributed by atoms with Gasteiger partial charge >= 0.3 is 0 Å². The third-order valence-electron chi connectivity index (χ3n) is 6.36. The number of hydrogen-bond acceptors (Lipinski definition) is 4. The molecule has 0 unspecified atom stereocenters. The first-order chi connectivity index (χ1) is 14.8. The minimum Gasteiger partial charge on any atom is -0.342 e. The molecule has 0 saturated carbocycles. The minimum atomic E-state index is -3.69. The number of rotatable bonds is 4. The lowest BCUT2D eigenvalue weighted by Crippen LogP contribution is -2.45. The number of sulfonamides is 1. The number of hydrogen-bond donors (Lipinski definition) is 0. The third kappa shape index (κ3) is 4.38. The molecule has 9 heteroatoms. The SMILES string of the molecule is Cc1nn(-c2ccc(Cl)cc2)c(C)c1S(=O)(=O)N1CCC(C(=O)N2CCCCC2)CC1. The zero-order valence-electron chi connectivity index (χ0n) is 18.1. The van der Waals surface area contributed by atoms with Gasteiger partial charge in [0, 0.05) is 37.1 Å². The summed E-state index contributed by atoms with van der Waals surface area (Å²) in [6, 6.07) is 7.14. The van der Waals surface area contributed by atoms with Crippen LogP contribution in [0.1, 0.15) is 43.5 Å². The highest BCUT2D eigenvalue weighted by atomic mass is 35.5. The first-order valence-corrected chi connectivity index (χ1v) is 12.7. The van der Waals surface area contributed by atoms with Crippen molar-refractivity contribution in [2.45, 2.75) is 50.8 Å². The predicted octanol–water partition coefficient (Wildman–Crippen LogP) is 3.56. The Kier molecular flexibility index (Phi) is 6.42. The lowest BCUT2D eigenvalue weighted by atomic mass is 9.95. The monoisotopic (exact) mass is 464 g/mol. The molecular formula is C22H29ClN4O3S. The molecule has 0 bridgehead atoms. The van der Waals surface area contributed by atoms with Gasteiger partial charge in [0.1, 0.15) is 4.90 Å². The molecular weight excluding hydrogens is 436 g/mol. The molecule has 2 aliphatic rings. The number of halogens is 1. The molecule has 1 aromatic carbocycles. The highest BCUT2D eigenvalue weighted by Gasteiger charge is 2.36. The van der Waals surface area contributed by atoms with Crippen LogP contribution in [0.4, 0.5) is 0 Å². The lowest BCUT2D eigenvalue weighted by Gasteiger charge is -2.35. The molecule has 0 N–H and O–H groups in total. The van der Waals surface area contributed by atoms with E-state index >= 15 is 0 Å². The summed E-state index contributed by atoms with van der Waals surface area (Å²) in [5.74, 6) is 0.114. The zero-order valence-corrected chi connectivity index (χ0v) is 19.6. The van der Waals surface area contributed by atoms with Crippen LogP contribution in [-0.4, -0.2) is 59.5 Å². The van der Waals surface area contributed by atoms with Gasteiger partial charge in [0.15, 0.2) is 0 Å². The Morgan fingerprint density at radius 2 is 1.61 bits per heavy atom. The van der Waals surface area contributed by atoms with Crippen LogP contribution in [0.15, 0.2) is 29.2 Å². The van der Waals surface area contributed by atoms with E-state index in [1.807, 2.05) is 17.0 Å². The van der Waals surface area contributed by atoms with Crippen molar-refractivity contribution in [1.29, 1.82) is 0 Å². The largest absolute Gasteiger partial charge is 0.342 e. The Bertz CT molecular complexity index is 1050. The normalized spacial score (nSPS) is 19.0. The fraction of sp³-hybridized carbons (Fsp3) is 0.545. The fourth-order valence-electron chi connectivity index (χ4n) is 4.68. The molecule has 0 radical (unpaired) electrons. The van der Waals surface area contributed by atoms with E-state index in [1.165, 1.54) is 10.7 Å². The van der Waals surface area contributed by atoms with E-state index in [1.54, 1.807) is 30.7 Å². The van der Waals surface area contributed by atoms with Crippen LogP contribution < -0.4 is 0 Å².